The van der Waals surface area contributed by atoms with Crippen LogP contribution >= 0.6 is 0 Å². The Labute approximate surface area is 164 Å². The third kappa shape index (κ3) is 3.09. The molecule has 4 rings (SSSR count). The van der Waals surface area contributed by atoms with Gasteiger partial charge in [0.1, 0.15) is 5.69 Å². The fraction of sp³-hybridized carbons (Fsp3) is 0.263. The number of alkyl halides is 6. The molecule has 0 spiro atoms. The Kier molecular flexibility index (Phi) is 4.53. The summed E-state index contributed by atoms with van der Waals surface area (Å²) < 4.78 is 86.5. The molecule has 1 atom stereocenters. The molecule has 0 bridgehead atoms. The molecule has 1 N–H and O–H groups in total. The van der Waals surface area contributed by atoms with E-state index in [1.165, 1.54) is 18.5 Å². The standard InChI is InChI=1S/C19H12F6N2O3/c20-18(21,22)11-3-1-2-10(6-11)17(19(23,24)25)7-14(27-30-17)13-8-26-15(9-28)16-12(13)4-5-29-16/h1-6,8,28H,7,9H2. The van der Waals surface area contributed by atoms with Crippen molar-refractivity contribution in [2.24, 2.45) is 5.16 Å². The number of pyridine rings is 1. The van der Waals surface area contributed by atoms with Gasteiger partial charge in [0, 0.05) is 22.7 Å². The Hall–Kier alpha value is -3.08. The van der Waals surface area contributed by atoms with E-state index in [1.54, 1.807) is 0 Å². The van der Waals surface area contributed by atoms with E-state index in [9.17, 15) is 31.4 Å². The maximum Gasteiger partial charge on any atom is 0.435 e. The van der Waals surface area contributed by atoms with Crippen LogP contribution < -0.4 is 0 Å². The lowest BCUT2D eigenvalue weighted by molar-refractivity contribution is -0.276. The second-order valence-corrected chi connectivity index (χ2v) is 6.65. The highest BCUT2D eigenvalue weighted by Gasteiger charge is 2.62. The monoisotopic (exact) mass is 430 g/mol. The molecule has 0 saturated carbocycles. The summed E-state index contributed by atoms with van der Waals surface area (Å²) in [6.07, 6.45) is -8.26. The highest BCUT2D eigenvalue weighted by Crippen LogP contribution is 2.50. The second-order valence-electron chi connectivity index (χ2n) is 6.65. The molecule has 0 aliphatic carbocycles. The van der Waals surface area contributed by atoms with Gasteiger partial charge in [-0.05, 0) is 18.2 Å². The molecular weight excluding hydrogens is 418 g/mol. The SMILES string of the molecule is OCc1ncc(C2=NOC(c3cccc(C(F)(F)F)c3)(C(F)(F)F)C2)c2ccoc12. The van der Waals surface area contributed by atoms with Crippen molar-refractivity contribution in [3.05, 3.63) is 65.2 Å². The van der Waals surface area contributed by atoms with E-state index >= 15 is 0 Å². The minimum Gasteiger partial charge on any atom is -0.462 e. The number of rotatable bonds is 3. The van der Waals surface area contributed by atoms with Crippen LogP contribution in [0.15, 0.2) is 52.4 Å². The van der Waals surface area contributed by atoms with E-state index in [0.29, 0.717) is 17.5 Å². The van der Waals surface area contributed by atoms with Gasteiger partial charge in [-0.15, -0.1) is 0 Å². The molecule has 5 nitrogen and oxygen atoms in total. The summed E-state index contributed by atoms with van der Waals surface area (Å²) in [4.78, 5) is 8.76. The minimum absolute atomic E-state index is 0.159. The number of hydrogen-bond acceptors (Lipinski definition) is 5. The van der Waals surface area contributed by atoms with Crippen LogP contribution in [0.25, 0.3) is 11.0 Å². The Balaban J connectivity index is 1.79. The average molecular weight is 430 g/mol. The van der Waals surface area contributed by atoms with Crippen LogP contribution in [0.1, 0.15) is 28.8 Å². The number of aromatic nitrogens is 1. The van der Waals surface area contributed by atoms with Crippen LogP contribution in [-0.4, -0.2) is 22.0 Å². The van der Waals surface area contributed by atoms with Crippen LogP contribution in [0.5, 0.6) is 0 Å². The number of furan rings is 1. The number of aliphatic hydroxyl groups excluding tert-OH is 1. The summed E-state index contributed by atoms with van der Waals surface area (Å²) in [6.45, 7) is -0.454. The van der Waals surface area contributed by atoms with Crippen molar-refractivity contribution < 1.29 is 40.7 Å². The van der Waals surface area contributed by atoms with Crippen LogP contribution in [0, 0.1) is 0 Å². The van der Waals surface area contributed by atoms with Crippen molar-refractivity contribution in [2.45, 2.75) is 31.0 Å². The smallest absolute Gasteiger partial charge is 0.435 e. The first-order valence-corrected chi connectivity index (χ1v) is 8.52. The minimum atomic E-state index is -5.06. The van der Waals surface area contributed by atoms with Gasteiger partial charge in [0.05, 0.1) is 30.6 Å². The summed E-state index contributed by atoms with van der Waals surface area (Å²) >= 11 is 0. The molecule has 2 aromatic heterocycles. The quantitative estimate of drug-likeness (QED) is 0.599. The Bertz CT molecular complexity index is 1140. The van der Waals surface area contributed by atoms with Gasteiger partial charge in [0.2, 0.25) is 0 Å². The number of nitrogens with zero attached hydrogens (tertiary/aromatic N) is 2. The number of hydrogen-bond donors (Lipinski definition) is 1. The van der Waals surface area contributed by atoms with Gasteiger partial charge in [0.15, 0.2) is 5.58 Å². The van der Waals surface area contributed by atoms with Crippen molar-refractivity contribution in [1.29, 1.82) is 0 Å². The molecule has 1 aliphatic heterocycles. The lowest BCUT2D eigenvalue weighted by atomic mass is 9.85. The summed E-state index contributed by atoms with van der Waals surface area (Å²) in [5.74, 6) is 0. The van der Waals surface area contributed by atoms with E-state index < -0.39 is 42.1 Å². The first-order chi connectivity index (χ1) is 14.1. The van der Waals surface area contributed by atoms with Crippen molar-refractivity contribution in [1.82, 2.24) is 4.98 Å². The molecule has 1 aliphatic rings. The molecule has 0 saturated heterocycles. The molecule has 3 heterocycles. The van der Waals surface area contributed by atoms with Crippen molar-refractivity contribution in [3.8, 4) is 0 Å². The predicted octanol–water partition coefficient (Wildman–Crippen LogP) is 4.92. The number of oxime groups is 1. The Morgan fingerprint density at radius 3 is 2.53 bits per heavy atom. The van der Waals surface area contributed by atoms with Gasteiger partial charge in [-0.1, -0.05) is 17.3 Å². The number of fused-ring (bicyclic) bond motifs is 1. The summed E-state index contributed by atoms with van der Waals surface area (Å²) in [6, 6.07) is 4.36. The molecule has 30 heavy (non-hydrogen) atoms. The normalized spacial score (nSPS) is 19.8. The number of halogens is 6. The van der Waals surface area contributed by atoms with Crippen LogP contribution in [0.2, 0.25) is 0 Å². The van der Waals surface area contributed by atoms with E-state index in [2.05, 4.69) is 10.1 Å². The molecule has 0 radical (unpaired) electrons. The lowest BCUT2D eigenvalue weighted by Crippen LogP contribution is -2.42. The van der Waals surface area contributed by atoms with E-state index in [4.69, 9.17) is 9.25 Å². The Morgan fingerprint density at radius 1 is 1.10 bits per heavy atom. The molecule has 11 heteroatoms. The fourth-order valence-electron chi connectivity index (χ4n) is 3.35. The van der Waals surface area contributed by atoms with E-state index in [-0.39, 0.29) is 22.6 Å². The van der Waals surface area contributed by atoms with Crippen molar-refractivity contribution in [2.75, 3.05) is 0 Å². The van der Waals surface area contributed by atoms with Gasteiger partial charge in [-0.2, -0.15) is 26.3 Å². The number of aliphatic hydroxyl groups is 1. The third-order valence-corrected chi connectivity index (χ3v) is 4.87. The lowest BCUT2D eigenvalue weighted by Gasteiger charge is -2.30. The molecule has 3 aromatic rings. The van der Waals surface area contributed by atoms with Crippen molar-refractivity contribution >= 4 is 16.7 Å². The van der Waals surface area contributed by atoms with E-state index in [1.807, 2.05) is 0 Å². The molecule has 0 fully saturated rings. The largest absolute Gasteiger partial charge is 0.462 e. The highest BCUT2D eigenvalue weighted by atomic mass is 19.4. The molecule has 0 amide bonds. The van der Waals surface area contributed by atoms with Gasteiger partial charge < -0.3 is 14.4 Å². The predicted molar refractivity (Wildman–Crippen MR) is 91.3 cm³/mol. The molecule has 1 aromatic carbocycles. The second kappa shape index (κ2) is 6.73. The first-order valence-electron chi connectivity index (χ1n) is 8.52. The molecule has 1 unspecified atom stereocenters. The van der Waals surface area contributed by atoms with Gasteiger partial charge in [-0.3, -0.25) is 4.98 Å². The zero-order valence-electron chi connectivity index (χ0n) is 14.9. The third-order valence-electron chi connectivity index (χ3n) is 4.87. The Morgan fingerprint density at radius 2 is 1.87 bits per heavy atom. The van der Waals surface area contributed by atoms with Crippen LogP contribution in [-0.2, 0) is 23.2 Å². The average Bonchev–Trinajstić information content (AvgIpc) is 3.34. The van der Waals surface area contributed by atoms with Crippen molar-refractivity contribution in [3.63, 3.8) is 0 Å². The fourth-order valence-corrected chi connectivity index (χ4v) is 3.35. The highest BCUT2D eigenvalue weighted by molar-refractivity contribution is 6.10. The summed E-state index contributed by atoms with van der Waals surface area (Å²) in [7, 11) is 0. The van der Waals surface area contributed by atoms with Crippen LogP contribution in [0.4, 0.5) is 26.3 Å². The molecule has 158 valence electrons. The zero-order chi connectivity index (χ0) is 21.7. The number of benzene rings is 1. The summed E-state index contributed by atoms with van der Waals surface area (Å²) in [5.41, 5.74) is -4.68. The summed E-state index contributed by atoms with van der Waals surface area (Å²) in [5, 5.41) is 13.2. The van der Waals surface area contributed by atoms with Crippen LogP contribution in [0.3, 0.4) is 0 Å². The first kappa shape index (κ1) is 20.2. The van der Waals surface area contributed by atoms with Gasteiger partial charge in [-0.25, -0.2) is 0 Å². The topological polar surface area (TPSA) is 67.9 Å². The maximum atomic E-state index is 14.0. The van der Waals surface area contributed by atoms with Gasteiger partial charge in [0.25, 0.3) is 5.60 Å². The van der Waals surface area contributed by atoms with Gasteiger partial charge >= 0.3 is 12.4 Å². The maximum absolute atomic E-state index is 14.0. The molecular formula is C19H12F6N2O3. The zero-order valence-corrected chi connectivity index (χ0v) is 14.9. The van der Waals surface area contributed by atoms with E-state index in [0.717, 1.165) is 12.1 Å².